The predicted molar refractivity (Wildman–Crippen MR) is 63.6 cm³/mol. The van der Waals surface area contributed by atoms with Gasteiger partial charge in [-0.2, -0.15) is 0 Å². The lowest BCUT2D eigenvalue weighted by molar-refractivity contribution is -0.138. The molecule has 0 amide bonds. The molecule has 0 aliphatic rings. The van der Waals surface area contributed by atoms with E-state index >= 15 is 0 Å². The first-order valence-corrected chi connectivity index (χ1v) is 5.20. The highest BCUT2D eigenvalue weighted by atomic mass is 16.5. The quantitative estimate of drug-likeness (QED) is 0.800. The first-order chi connectivity index (χ1) is 8.01. The van der Waals surface area contributed by atoms with Gasteiger partial charge < -0.3 is 20.3 Å². The average molecular weight is 239 g/mol. The van der Waals surface area contributed by atoms with Crippen molar-refractivity contribution in [1.82, 2.24) is 0 Å². The Morgan fingerprint density at radius 3 is 2.53 bits per heavy atom. The summed E-state index contributed by atoms with van der Waals surface area (Å²) < 4.78 is 10.4. The number of methoxy groups -OCH3 is 2. The summed E-state index contributed by atoms with van der Waals surface area (Å²) in [7, 11) is 3.11. The molecule has 0 saturated carbocycles. The van der Waals surface area contributed by atoms with Crippen molar-refractivity contribution >= 4 is 5.97 Å². The van der Waals surface area contributed by atoms with Gasteiger partial charge in [0.2, 0.25) is 0 Å². The van der Waals surface area contributed by atoms with Crippen LogP contribution in [-0.2, 0) is 11.2 Å². The van der Waals surface area contributed by atoms with Crippen LogP contribution in [-0.4, -0.2) is 31.3 Å². The summed E-state index contributed by atoms with van der Waals surface area (Å²) in [6, 6.07) is 2.62. The van der Waals surface area contributed by atoms with Crippen LogP contribution >= 0.6 is 0 Å². The number of ether oxygens (including phenoxy) is 2. The number of rotatable bonds is 5. The summed E-state index contributed by atoms with van der Waals surface area (Å²) in [5, 5.41) is 8.79. The fraction of sp³-hybridized carbons (Fsp3) is 0.417. The molecule has 1 aromatic carbocycles. The van der Waals surface area contributed by atoms with Crippen molar-refractivity contribution in [3.05, 3.63) is 23.3 Å². The molecule has 0 bridgehead atoms. The molecule has 0 radical (unpaired) electrons. The van der Waals surface area contributed by atoms with Crippen molar-refractivity contribution in [2.24, 2.45) is 5.73 Å². The number of hydrogen-bond donors (Lipinski definition) is 2. The van der Waals surface area contributed by atoms with Crippen LogP contribution in [0.15, 0.2) is 12.1 Å². The Morgan fingerprint density at radius 1 is 1.41 bits per heavy atom. The highest BCUT2D eigenvalue weighted by Gasteiger charge is 2.17. The first kappa shape index (κ1) is 13.3. The van der Waals surface area contributed by atoms with Crippen LogP contribution in [0.2, 0.25) is 0 Å². The van der Waals surface area contributed by atoms with E-state index in [1.165, 1.54) is 7.11 Å². The smallest absolute Gasteiger partial charge is 0.320 e. The zero-order valence-electron chi connectivity index (χ0n) is 10.2. The van der Waals surface area contributed by atoms with E-state index in [2.05, 4.69) is 0 Å². The van der Waals surface area contributed by atoms with Crippen LogP contribution in [0.4, 0.5) is 0 Å². The highest BCUT2D eigenvalue weighted by molar-refractivity contribution is 5.73. The topological polar surface area (TPSA) is 81.8 Å². The Balaban J connectivity index is 3.08. The van der Waals surface area contributed by atoms with Gasteiger partial charge >= 0.3 is 5.97 Å². The zero-order valence-corrected chi connectivity index (χ0v) is 10.2. The molecule has 0 heterocycles. The third kappa shape index (κ3) is 2.88. The number of aliphatic carboxylic acids is 1. The lowest BCUT2D eigenvalue weighted by Crippen LogP contribution is -2.32. The second-order valence-corrected chi connectivity index (χ2v) is 3.73. The minimum absolute atomic E-state index is 0.226. The van der Waals surface area contributed by atoms with E-state index in [4.69, 9.17) is 20.3 Å². The molecule has 0 aromatic heterocycles. The minimum atomic E-state index is -1.03. The van der Waals surface area contributed by atoms with Crippen LogP contribution in [0.1, 0.15) is 11.1 Å². The fourth-order valence-corrected chi connectivity index (χ4v) is 1.72. The van der Waals surface area contributed by atoms with E-state index in [0.717, 1.165) is 11.1 Å². The van der Waals surface area contributed by atoms with Gasteiger partial charge in [-0.1, -0.05) is 6.07 Å². The third-order valence-corrected chi connectivity index (χ3v) is 2.62. The van der Waals surface area contributed by atoms with Crippen LogP contribution in [0.25, 0.3) is 0 Å². The van der Waals surface area contributed by atoms with Crippen molar-refractivity contribution in [1.29, 1.82) is 0 Å². The standard InChI is InChI=1S/C12H17NO4/c1-7-10(16-2)5-4-8(11(7)17-3)6-9(13)12(14)15/h4-5,9H,6,13H2,1-3H3,(H,14,15). The van der Waals surface area contributed by atoms with Gasteiger partial charge in [0.1, 0.15) is 17.5 Å². The van der Waals surface area contributed by atoms with Crippen LogP contribution in [0, 0.1) is 6.92 Å². The van der Waals surface area contributed by atoms with E-state index in [-0.39, 0.29) is 6.42 Å². The number of carboxylic acids is 1. The number of nitrogens with two attached hydrogens (primary N) is 1. The SMILES string of the molecule is COc1ccc(CC(N)C(=O)O)c(OC)c1C. The molecule has 17 heavy (non-hydrogen) atoms. The summed E-state index contributed by atoms with van der Waals surface area (Å²) in [6.45, 7) is 1.85. The van der Waals surface area contributed by atoms with Crippen molar-refractivity contribution in [3.63, 3.8) is 0 Å². The van der Waals surface area contributed by atoms with E-state index in [0.29, 0.717) is 11.5 Å². The largest absolute Gasteiger partial charge is 0.496 e. The molecule has 1 rings (SSSR count). The fourth-order valence-electron chi connectivity index (χ4n) is 1.72. The molecule has 1 unspecified atom stereocenters. The second-order valence-electron chi connectivity index (χ2n) is 3.73. The molecule has 0 spiro atoms. The summed E-state index contributed by atoms with van der Waals surface area (Å²) in [6.07, 6.45) is 0.226. The Hall–Kier alpha value is -1.75. The van der Waals surface area contributed by atoms with Gasteiger partial charge in [0.15, 0.2) is 0 Å². The summed E-state index contributed by atoms with van der Waals surface area (Å²) in [5.41, 5.74) is 7.11. The molecule has 94 valence electrons. The van der Waals surface area contributed by atoms with Crippen molar-refractivity contribution in [2.75, 3.05) is 14.2 Å². The maximum atomic E-state index is 10.7. The number of benzene rings is 1. The number of hydrogen-bond acceptors (Lipinski definition) is 4. The van der Waals surface area contributed by atoms with Crippen LogP contribution in [0.3, 0.4) is 0 Å². The van der Waals surface area contributed by atoms with Crippen molar-refractivity contribution < 1.29 is 19.4 Å². The summed E-state index contributed by atoms with van der Waals surface area (Å²) >= 11 is 0. The van der Waals surface area contributed by atoms with Crippen molar-refractivity contribution in [2.45, 2.75) is 19.4 Å². The molecule has 5 nitrogen and oxygen atoms in total. The highest BCUT2D eigenvalue weighted by Crippen LogP contribution is 2.31. The maximum Gasteiger partial charge on any atom is 0.320 e. The van der Waals surface area contributed by atoms with Crippen LogP contribution in [0.5, 0.6) is 11.5 Å². The second kappa shape index (κ2) is 5.54. The lowest BCUT2D eigenvalue weighted by Gasteiger charge is -2.15. The normalized spacial score (nSPS) is 12.0. The number of carbonyl (C=O) groups is 1. The van der Waals surface area contributed by atoms with Gasteiger partial charge in [-0.3, -0.25) is 4.79 Å². The lowest BCUT2D eigenvalue weighted by atomic mass is 10.0. The van der Waals surface area contributed by atoms with E-state index < -0.39 is 12.0 Å². The van der Waals surface area contributed by atoms with E-state index in [1.54, 1.807) is 19.2 Å². The molecule has 1 aromatic rings. The van der Waals surface area contributed by atoms with Gasteiger partial charge in [-0.05, 0) is 18.6 Å². The molecule has 0 fully saturated rings. The van der Waals surface area contributed by atoms with Gasteiger partial charge in [-0.25, -0.2) is 0 Å². The van der Waals surface area contributed by atoms with E-state index in [9.17, 15) is 4.79 Å². The monoisotopic (exact) mass is 239 g/mol. The van der Waals surface area contributed by atoms with Crippen LogP contribution < -0.4 is 15.2 Å². The van der Waals surface area contributed by atoms with Gasteiger partial charge in [0, 0.05) is 12.0 Å². The predicted octanol–water partition coefficient (Wildman–Crippen LogP) is 0.967. The molecular weight excluding hydrogens is 222 g/mol. The Kier molecular flexibility index (Phi) is 4.34. The summed E-state index contributed by atoms with van der Waals surface area (Å²) in [5.74, 6) is 0.302. The van der Waals surface area contributed by atoms with E-state index in [1.807, 2.05) is 6.92 Å². The zero-order chi connectivity index (χ0) is 13.0. The Bertz CT molecular complexity index is 417. The summed E-state index contributed by atoms with van der Waals surface area (Å²) in [4.78, 5) is 10.7. The van der Waals surface area contributed by atoms with Gasteiger partial charge in [-0.15, -0.1) is 0 Å². The molecule has 5 heteroatoms. The number of carboxylic acid groups (broad SMARTS) is 1. The van der Waals surface area contributed by atoms with Gasteiger partial charge in [0.05, 0.1) is 14.2 Å². The Morgan fingerprint density at radius 2 is 2.06 bits per heavy atom. The molecule has 0 aliphatic carbocycles. The van der Waals surface area contributed by atoms with Gasteiger partial charge in [0.25, 0.3) is 0 Å². The molecule has 3 N–H and O–H groups in total. The molecule has 0 aliphatic heterocycles. The minimum Gasteiger partial charge on any atom is -0.496 e. The molecule has 1 atom stereocenters. The third-order valence-electron chi connectivity index (χ3n) is 2.62. The molecular formula is C12H17NO4. The maximum absolute atomic E-state index is 10.7. The molecule has 0 saturated heterocycles. The Labute approximate surface area is 100 Å². The average Bonchev–Trinajstić information content (AvgIpc) is 2.29. The van der Waals surface area contributed by atoms with Crippen molar-refractivity contribution in [3.8, 4) is 11.5 Å². The first-order valence-electron chi connectivity index (χ1n) is 5.20.